The maximum absolute atomic E-state index is 9.97. The van der Waals surface area contributed by atoms with Gasteiger partial charge < -0.3 is 5.11 Å². The predicted octanol–water partition coefficient (Wildman–Crippen LogP) is 3.78. The lowest BCUT2D eigenvalue weighted by Gasteiger charge is -2.12. The second-order valence-corrected chi connectivity index (χ2v) is 5.46. The minimum atomic E-state index is -0.340. The first-order chi connectivity index (χ1) is 6.66. The second-order valence-electron chi connectivity index (χ2n) is 3.86. The lowest BCUT2D eigenvalue weighted by Crippen LogP contribution is -2.00. The zero-order chi connectivity index (χ0) is 10.1. The Balaban J connectivity index is 2.15. The molecule has 0 radical (unpaired) electrons. The van der Waals surface area contributed by atoms with Crippen molar-refractivity contribution in [3.63, 3.8) is 0 Å². The molecule has 1 aromatic rings. The van der Waals surface area contributed by atoms with Crippen LogP contribution < -0.4 is 0 Å². The van der Waals surface area contributed by atoms with Gasteiger partial charge in [0.15, 0.2) is 0 Å². The van der Waals surface area contributed by atoms with Gasteiger partial charge in [0.25, 0.3) is 0 Å². The van der Waals surface area contributed by atoms with Crippen molar-refractivity contribution in [2.45, 2.75) is 25.4 Å². The van der Waals surface area contributed by atoms with Crippen molar-refractivity contribution >= 4 is 34.2 Å². The van der Waals surface area contributed by atoms with Crippen LogP contribution in [-0.4, -0.2) is 5.11 Å². The molecule has 0 amide bonds. The number of aliphatic hydroxyl groups is 1. The molecule has 3 heteroatoms. The standard InChI is InChI=1S/C11H12ClIO/c12-8-3-4-10(13)9(6-8)11(14)5-7-1-2-7/h3-4,6-7,11,14H,1-2,5H2. The van der Waals surface area contributed by atoms with Crippen LogP contribution in [0.4, 0.5) is 0 Å². The maximum atomic E-state index is 9.97. The zero-order valence-corrected chi connectivity index (χ0v) is 10.6. The molecule has 1 aliphatic carbocycles. The van der Waals surface area contributed by atoms with E-state index >= 15 is 0 Å². The molecule has 0 aromatic heterocycles. The Bertz CT molecular complexity index is 336. The minimum absolute atomic E-state index is 0.340. The van der Waals surface area contributed by atoms with Crippen molar-refractivity contribution in [3.8, 4) is 0 Å². The van der Waals surface area contributed by atoms with E-state index in [2.05, 4.69) is 22.6 Å². The molecule has 0 heterocycles. The van der Waals surface area contributed by atoms with Crippen LogP contribution >= 0.6 is 34.2 Å². The van der Waals surface area contributed by atoms with E-state index in [1.54, 1.807) is 0 Å². The van der Waals surface area contributed by atoms with Crippen LogP contribution in [-0.2, 0) is 0 Å². The first kappa shape index (κ1) is 10.7. The number of hydrogen-bond acceptors (Lipinski definition) is 1. The van der Waals surface area contributed by atoms with Crippen molar-refractivity contribution in [2.75, 3.05) is 0 Å². The highest BCUT2D eigenvalue weighted by molar-refractivity contribution is 14.1. The summed E-state index contributed by atoms with van der Waals surface area (Å²) in [5, 5.41) is 10.7. The third kappa shape index (κ3) is 2.61. The van der Waals surface area contributed by atoms with Crippen LogP contribution in [0.1, 0.15) is 30.9 Å². The van der Waals surface area contributed by atoms with Crippen molar-refractivity contribution < 1.29 is 5.11 Å². The summed E-state index contributed by atoms with van der Waals surface area (Å²) in [4.78, 5) is 0. The SMILES string of the molecule is OC(CC1CC1)c1cc(Cl)ccc1I. The summed E-state index contributed by atoms with van der Waals surface area (Å²) in [7, 11) is 0. The van der Waals surface area contributed by atoms with Crippen molar-refractivity contribution in [3.05, 3.63) is 32.4 Å². The molecule has 14 heavy (non-hydrogen) atoms. The highest BCUT2D eigenvalue weighted by Crippen LogP contribution is 2.38. The molecular formula is C11H12ClIO. The molecule has 1 atom stereocenters. The molecule has 1 aromatic carbocycles. The van der Waals surface area contributed by atoms with Gasteiger partial charge in [-0.3, -0.25) is 0 Å². The number of aliphatic hydroxyl groups excluding tert-OH is 1. The smallest absolute Gasteiger partial charge is 0.0803 e. The molecule has 1 unspecified atom stereocenters. The van der Waals surface area contributed by atoms with Gasteiger partial charge in [-0.2, -0.15) is 0 Å². The fraction of sp³-hybridized carbons (Fsp3) is 0.455. The van der Waals surface area contributed by atoms with Gasteiger partial charge in [-0.05, 0) is 58.7 Å². The monoisotopic (exact) mass is 322 g/mol. The van der Waals surface area contributed by atoms with E-state index < -0.39 is 0 Å². The molecule has 1 nitrogen and oxygen atoms in total. The van der Waals surface area contributed by atoms with Crippen molar-refractivity contribution in [1.29, 1.82) is 0 Å². The Morgan fingerprint density at radius 2 is 2.21 bits per heavy atom. The van der Waals surface area contributed by atoms with Gasteiger partial charge in [0.1, 0.15) is 0 Å². The van der Waals surface area contributed by atoms with E-state index in [4.69, 9.17) is 11.6 Å². The number of rotatable bonds is 3. The quantitative estimate of drug-likeness (QED) is 0.840. The van der Waals surface area contributed by atoms with E-state index in [0.29, 0.717) is 5.02 Å². The highest BCUT2D eigenvalue weighted by Gasteiger charge is 2.26. The third-order valence-corrected chi connectivity index (χ3v) is 3.79. The topological polar surface area (TPSA) is 20.2 Å². The number of halogens is 2. The van der Waals surface area contributed by atoms with Crippen molar-refractivity contribution in [2.24, 2.45) is 5.92 Å². The van der Waals surface area contributed by atoms with Crippen LogP contribution in [0.25, 0.3) is 0 Å². The van der Waals surface area contributed by atoms with Crippen LogP contribution in [0.15, 0.2) is 18.2 Å². The predicted molar refractivity (Wildman–Crippen MR) is 66.5 cm³/mol. The maximum Gasteiger partial charge on any atom is 0.0803 e. The Hall–Kier alpha value is 0.200. The van der Waals surface area contributed by atoms with Gasteiger partial charge >= 0.3 is 0 Å². The van der Waals surface area contributed by atoms with Gasteiger partial charge in [0.05, 0.1) is 6.10 Å². The Kier molecular flexibility index (Phi) is 3.34. The summed E-state index contributed by atoms with van der Waals surface area (Å²) in [5.41, 5.74) is 0.977. The fourth-order valence-electron chi connectivity index (χ4n) is 1.57. The molecule has 1 fully saturated rings. The zero-order valence-electron chi connectivity index (χ0n) is 7.71. The van der Waals surface area contributed by atoms with Crippen molar-refractivity contribution in [1.82, 2.24) is 0 Å². The van der Waals surface area contributed by atoms with Gasteiger partial charge in [-0.25, -0.2) is 0 Å². The average molecular weight is 323 g/mol. The van der Waals surface area contributed by atoms with E-state index in [1.165, 1.54) is 12.8 Å². The van der Waals surface area contributed by atoms with Gasteiger partial charge in [-0.15, -0.1) is 0 Å². The summed E-state index contributed by atoms with van der Waals surface area (Å²) in [6.45, 7) is 0. The molecular weight excluding hydrogens is 310 g/mol. The van der Waals surface area contributed by atoms with Crippen LogP contribution in [0, 0.1) is 9.49 Å². The average Bonchev–Trinajstić information content (AvgIpc) is 2.93. The Morgan fingerprint density at radius 1 is 1.50 bits per heavy atom. The van der Waals surface area contributed by atoms with E-state index in [9.17, 15) is 5.11 Å². The highest BCUT2D eigenvalue weighted by atomic mass is 127. The fourth-order valence-corrected chi connectivity index (χ4v) is 2.44. The van der Waals surface area contributed by atoms with Crippen LogP contribution in [0.3, 0.4) is 0 Å². The van der Waals surface area contributed by atoms with E-state index in [0.717, 1.165) is 21.5 Å². The molecule has 1 aliphatic rings. The first-order valence-corrected chi connectivity index (χ1v) is 6.25. The molecule has 0 aliphatic heterocycles. The number of hydrogen-bond donors (Lipinski definition) is 1. The lowest BCUT2D eigenvalue weighted by atomic mass is 10.0. The molecule has 0 bridgehead atoms. The van der Waals surface area contributed by atoms with Gasteiger partial charge in [0.2, 0.25) is 0 Å². The van der Waals surface area contributed by atoms with Gasteiger partial charge in [0, 0.05) is 8.59 Å². The largest absolute Gasteiger partial charge is 0.388 e. The lowest BCUT2D eigenvalue weighted by molar-refractivity contribution is 0.159. The van der Waals surface area contributed by atoms with E-state index in [-0.39, 0.29) is 6.10 Å². The normalized spacial score (nSPS) is 18.2. The van der Waals surface area contributed by atoms with E-state index in [1.807, 2.05) is 18.2 Å². The van der Waals surface area contributed by atoms with Crippen LogP contribution in [0.5, 0.6) is 0 Å². The summed E-state index contributed by atoms with van der Waals surface area (Å²) in [6.07, 6.45) is 3.09. The third-order valence-electron chi connectivity index (χ3n) is 2.57. The summed E-state index contributed by atoms with van der Waals surface area (Å²) < 4.78 is 1.10. The summed E-state index contributed by atoms with van der Waals surface area (Å²) in [6, 6.07) is 5.68. The molecule has 2 rings (SSSR count). The second kappa shape index (κ2) is 4.37. The molecule has 1 N–H and O–H groups in total. The summed E-state index contributed by atoms with van der Waals surface area (Å²) in [5.74, 6) is 0.736. The molecule has 0 saturated heterocycles. The number of benzene rings is 1. The Morgan fingerprint density at radius 3 is 2.86 bits per heavy atom. The first-order valence-electron chi connectivity index (χ1n) is 4.80. The van der Waals surface area contributed by atoms with Gasteiger partial charge in [-0.1, -0.05) is 24.4 Å². The summed E-state index contributed by atoms with van der Waals surface area (Å²) >= 11 is 8.14. The van der Waals surface area contributed by atoms with Crippen LogP contribution in [0.2, 0.25) is 5.02 Å². The molecule has 76 valence electrons. The molecule has 1 saturated carbocycles. The molecule has 0 spiro atoms. The minimum Gasteiger partial charge on any atom is -0.388 e. The Labute approximate surface area is 103 Å².